The standard InChI is InChI=1S/C12H16F2N2O4S/c13-9-5-8(15)6-10(11(9)14)21(18,19)16-7-12(17)1-3-20-4-2-12/h5-6,16-17H,1-4,7,15H2. The van der Waals surface area contributed by atoms with E-state index in [1.807, 2.05) is 0 Å². The molecule has 2 rings (SSSR count). The molecule has 1 aliphatic rings. The van der Waals surface area contributed by atoms with Crippen LogP contribution in [0.5, 0.6) is 0 Å². The fraction of sp³-hybridized carbons (Fsp3) is 0.500. The molecule has 6 nitrogen and oxygen atoms in total. The van der Waals surface area contributed by atoms with Gasteiger partial charge in [-0.2, -0.15) is 0 Å². The van der Waals surface area contributed by atoms with Crippen molar-refractivity contribution in [3.63, 3.8) is 0 Å². The highest BCUT2D eigenvalue weighted by Gasteiger charge is 2.32. The zero-order valence-electron chi connectivity index (χ0n) is 11.1. The zero-order valence-corrected chi connectivity index (χ0v) is 11.9. The van der Waals surface area contributed by atoms with E-state index >= 15 is 0 Å². The van der Waals surface area contributed by atoms with Crippen LogP contribution in [0.25, 0.3) is 0 Å². The molecule has 1 aromatic rings. The zero-order chi connectivity index (χ0) is 15.7. The Morgan fingerprint density at radius 1 is 1.33 bits per heavy atom. The molecule has 1 aromatic carbocycles. The maximum atomic E-state index is 13.6. The summed E-state index contributed by atoms with van der Waals surface area (Å²) in [6.45, 7) is 0.299. The molecule has 0 atom stereocenters. The van der Waals surface area contributed by atoms with Crippen LogP contribution in [0.2, 0.25) is 0 Å². The highest BCUT2D eigenvalue weighted by Crippen LogP contribution is 2.23. The van der Waals surface area contributed by atoms with Crippen LogP contribution in [0.3, 0.4) is 0 Å². The van der Waals surface area contributed by atoms with Crippen LogP contribution < -0.4 is 10.5 Å². The fourth-order valence-corrected chi connectivity index (χ4v) is 3.25. The minimum absolute atomic E-state index is 0.209. The summed E-state index contributed by atoms with van der Waals surface area (Å²) < 4.78 is 58.0. The summed E-state index contributed by atoms with van der Waals surface area (Å²) in [6, 6.07) is 1.52. The smallest absolute Gasteiger partial charge is 0.243 e. The van der Waals surface area contributed by atoms with Crippen molar-refractivity contribution in [2.24, 2.45) is 0 Å². The number of hydrogen-bond acceptors (Lipinski definition) is 5. The van der Waals surface area contributed by atoms with Crippen molar-refractivity contribution in [2.75, 3.05) is 25.5 Å². The molecule has 4 N–H and O–H groups in total. The summed E-state index contributed by atoms with van der Waals surface area (Å²) in [7, 11) is -4.32. The summed E-state index contributed by atoms with van der Waals surface area (Å²) >= 11 is 0. The van der Waals surface area contributed by atoms with E-state index in [9.17, 15) is 22.3 Å². The summed E-state index contributed by atoms with van der Waals surface area (Å²) in [5, 5.41) is 10.2. The lowest BCUT2D eigenvalue weighted by molar-refractivity contribution is -0.0588. The number of sulfonamides is 1. The van der Waals surface area contributed by atoms with Crippen LogP contribution in [0.15, 0.2) is 17.0 Å². The minimum atomic E-state index is -4.32. The monoisotopic (exact) mass is 322 g/mol. The van der Waals surface area contributed by atoms with Gasteiger partial charge in [-0.3, -0.25) is 0 Å². The average Bonchev–Trinajstić information content (AvgIpc) is 2.42. The lowest BCUT2D eigenvalue weighted by Gasteiger charge is -2.31. The maximum Gasteiger partial charge on any atom is 0.243 e. The van der Waals surface area contributed by atoms with E-state index < -0.39 is 32.2 Å². The maximum absolute atomic E-state index is 13.6. The molecule has 1 aliphatic heterocycles. The van der Waals surface area contributed by atoms with Gasteiger partial charge >= 0.3 is 0 Å². The third kappa shape index (κ3) is 3.67. The van der Waals surface area contributed by atoms with Crippen molar-refractivity contribution >= 4 is 15.7 Å². The van der Waals surface area contributed by atoms with Crippen LogP contribution >= 0.6 is 0 Å². The number of aliphatic hydroxyl groups is 1. The van der Waals surface area contributed by atoms with E-state index in [4.69, 9.17) is 10.5 Å². The summed E-state index contributed by atoms with van der Waals surface area (Å²) in [5.41, 5.74) is 3.85. The topological polar surface area (TPSA) is 102 Å². The Bertz CT molecular complexity index is 630. The summed E-state index contributed by atoms with van der Waals surface area (Å²) in [4.78, 5) is -0.879. The summed E-state index contributed by atoms with van der Waals surface area (Å²) in [5.74, 6) is -2.85. The second kappa shape index (κ2) is 5.84. The van der Waals surface area contributed by atoms with Crippen LogP contribution in [0.1, 0.15) is 12.8 Å². The first kappa shape index (κ1) is 16.1. The molecule has 21 heavy (non-hydrogen) atoms. The van der Waals surface area contributed by atoms with Crippen molar-refractivity contribution in [3.05, 3.63) is 23.8 Å². The van der Waals surface area contributed by atoms with E-state index in [0.29, 0.717) is 19.3 Å². The van der Waals surface area contributed by atoms with E-state index in [-0.39, 0.29) is 25.1 Å². The van der Waals surface area contributed by atoms with E-state index in [1.54, 1.807) is 0 Å². The molecule has 0 radical (unpaired) electrons. The lowest BCUT2D eigenvalue weighted by Crippen LogP contribution is -2.46. The highest BCUT2D eigenvalue weighted by atomic mass is 32.2. The Balaban J connectivity index is 2.19. The molecule has 0 spiro atoms. The Morgan fingerprint density at radius 2 is 1.95 bits per heavy atom. The summed E-state index contributed by atoms with van der Waals surface area (Å²) in [6.07, 6.45) is 0.507. The fourth-order valence-electron chi connectivity index (χ4n) is 2.01. The van der Waals surface area contributed by atoms with Crippen LogP contribution in [-0.4, -0.2) is 38.9 Å². The quantitative estimate of drug-likeness (QED) is 0.695. The number of benzene rings is 1. The minimum Gasteiger partial charge on any atom is -0.399 e. The van der Waals surface area contributed by atoms with E-state index in [2.05, 4.69) is 4.72 Å². The van der Waals surface area contributed by atoms with Gasteiger partial charge in [-0.15, -0.1) is 0 Å². The Labute approximate surface area is 121 Å². The molecule has 9 heteroatoms. The SMILES string of the molecule is Nc1cc(F)c(F)c(S(=O)(=O)NCC2(O)CCOCC2)c1. The molecule has 0 unspecified atom stereocenters. The Kier molecular flexibility index (Phi) is 4.47. The van der Waals surface area contributed by atoms with Gasteiger partial charge in [0, 0.05) is 38.3 Å². The number of nitrogen functional groups attached to an aromatic ring is 1. The van der Waals surface area contributed by atoms with Gasteiger partial charge in [-0.25, -0.2) is 21.9 Å². The van der Waals surface area contributed by atoms with Gasteiger partial charge in [0.25, 0.3) is 0 Å². The average molecular weight is 322 g/mol. The number of anilines is 1. The van der Waals surface area contributed by atoms with Crippen LogP contribution in [0, 0.1) is 11.6 Å². The molecule has 0 bridgehead atoms. The number of nitrogens with one attached hydrogen (secondary N) is 1. The van der Waals surface area contributed by atoms with Crippen molar-refractivity contribution in [1.29, 1.82) is 0 Å². The van der Waals surface area contributed by atoms with E-state index in [0.717, 1.165) is 6.07 Å². The van der Waals surface area contributed by atoms with Gasteiger partial charge in [0.15, 0.2) is 11.6 Å². The molecule has 0 amide bonds. The second-order valence-electron chi connectivity index (χ2n) is 4.98. The molecule has 1 saturated heterocycles. The molecular weight excluding hydrogens is 306 g/mol. The van der Waals surface area contributed by atoms with Gasteiger partial charge in [-0.1, -0.05) is 0 Å². The Hall–Kier alpha value is -1.29. The third-order valence-corrected chi connectivity index (χ3v) is 4.72. The normalized spacial score (nSPS) is 18.6. The first-order valence-electron chi connectivity index (χ1n) is 6.28. The molecule has 118 valence electrons. The second-order valence-corrected chi connectivity index (χ2v) is 6.71. The van der Waals surface area contributed by atoms with Gasteiger partial charge < -0.3 is 15.6 Å². The van der Waals surface area contributed by atoms with Gasteiger partial charge in [0.2, 0.25) is 10.0 Å². The number of nitrogens with two attached hydrogens (primary N) is 1. The van der Waals surface area contributed by atoms with Gasteiger partial charge in [0.1, 0.15) is 4.90 Å². The predicted octanol–water partition coefficient (Wildman–Crippen LogP) is 0.367. The molecule has 1 heterocycles. The Morgan fingerprint density at radius 3 is 2.57 bits per heavy atom. The van der Waals surface area contributed by atoms with Crippen molar-refractivity contribution in [2.45, 2.75) is 23.3 Å². The first-order valence-corrected chi connectivity index (χ1v) is 7.76. The largest absolute Gasteiger partial charge is 0.399 e. The molecule has 1 fully saturated rings. The number of halogens is 2. The first-order chi connectivity index (χ1) is 9.73. The van der Waals surface area contributed by atoms with Crippen LogP contribution in [0.4, 0.5) is 14.5 Å². The number of ether oxygens (including phenoxy) is 1. The van der Waals surface area contributed by atoms with Crippen molar-refractivity contribution in [1.82, 2.24) is 4.72 Å². The lowest BCUT2D eigenvalue weighted by atomic mass is 9.95. The van der Waals surface area contributed by atoms with Crippen molar-refractivity contribution in [3.8, 4) is 0 Å². The number of hydrogen-bond donors (Lipinski definition) is 3. The molecule has 0 aromatic heterocycles. The predicted molar refractivity (Wildman–Crippen MR) is 71.0 cm³/mol. The molecule has 0 saturated carbocycles. The third-order valence-electron chi connectivity index (χ3n) is 3.32. The van der Waals surface area contributed by atoms with Gasteiger partial charge in [0.05, 0.1) is 5.60 Å². The van der Waals surface area contributed by atoms with Crippen LogP contribution in [-0.2, 0) is 14.8 Å². The highest BCUT2D eigenvalue weighted by molar-refractivity contribution is 7.89. The number of rotatable bonds is 4. The van der Waals surface area contributed by atoms with E-state index in [1.165, 1.54) is 0 Å². The van der Waals surface area contributed by atoms with Gasteiger partial charge in [-0.05, 0) is 12.1 Å². The molecular formula is C12H16F2N2O4S. The van der Waals surface area contributed by atoms with Crippen molar-refractivity contribution < 1.29 is 27.0 Å². The molecule has 0 aliphatic carbocycles.